The SMILES string of the molecule is CCCCCC(=O)N(Cc1ccccc1O)CC1CCCO1. The van der Waals surface area contributed by atoms with E-state index in [4.69, 9.17) is 4.74 Å². The van der Waals surface area contributed by atoms with Gasteiger partial charge in [-0.25, -0.2) is 0 Å². The number of carbonyl (C=O) groups excluding carboxylic acids is 1. The molecule has 0 saturated carbocycles. The number of para-hydroxylation sites is 1. The highest BCUT2D eigenvalue weighted by atomic mass is 16.5. The molecule has 1 aromatic carbocycles. The van der Waals surface area contributed by atoms with Gasteiger partial charge in [0.2, 0.25) is 5.91 Å². The van der Waals surface area contributed by atoms with Gasteiger partial charge in [-0.3, -0.25) is 4.79 Å². The molecule has 4 nitrogen and oxygen atoms in total. The second-order valence-corrected chi connectivity index (χ2v) is 6.00. The molecule has 0 bridgehead atoms. The van der Waals surface area contributed by atoms with Gasteiger partial charge in [-0.2, -0.15) is 0 Å². The predicted molar refractivity (Wildman–Crippen MR) is 86.6 cm³/mol. The van der Waals surface area contributed by atoms with Crippen molar-refractivity contribution in [3.05, 3.63) is 29.8 Å². The first-order chi connectivity index (χ1) is 10.7. The number of rotatable bonds is 8. The van der Waals surface area contributed by atoms with Crippen LogP contribution in [0.25, 0.3) is 0 Å². The van der Waals surface area contributed by atoms with Crippen LogP contribution in [0.2, 0.25) is 0 Å². The highest BCUT2D eigenvalue weighted by Gasteiger charge is 2.23. The zero-order valence-electron chi connectivity index (χ0n) is 13.5. The molecule has 2 rings (SSSR count). The van der Waals surface area contributed by atoms with Gasteiger partial charge in [0.05, 0.1) is 6.10 Å². The summed E-state index contributed by atoms with van der Waals surface area (Å²) in [6.07, 6.45) is 5.92. The Labute approximate surface area is 133 Å². The van der Waals surface area contributed by atoms with Crippen molar-refractivity contribution in [2.24, 2.45) is 0 Å². The van der Waals surface area contributed by atoms with Crippen molar-refractivity contribution in [3.63, 3.8) is 0 Å². The van der Waals surface area contributed by atoms with E-state index in [1.165, 1.54) is 0 Å². The molecule has 0 aromatic heterocycles. The number of hydrogen-bond acceptors (Lipinski definition) is 3. The molecule has 22 heavy (non-hydrogen) atoms. The molecule has 122 valence electrons. The van der Waals surface area contributed by atoms with Crippen LogP contribution >= 0.6 is 0 Å². The number of unbranched alkanes of at least 4 members (excludes halogenated alkanes) is 2. The van der Waals surface area contributed by atoms with Gasteiger partial charge >= 0.3 is 0 Å². The van der Waals surface area contributed by atoms with Crippen LogP contribution in [0.1, 0.15) is 51.0 Å². The van der Waals surface area contributed by atoms with Crippen LogP contribution in [0.15, 0.2) is 24.3 Å². The minimum absolute atomic E-state index is 0.140. The summed E-state index contributed by atoms with van der Waals surface area (Å²) in [5, 5.41) is 9.95. The van der Waals surface area contributed by atoms with Crippen LogP contribution in [-0.2, 0) is 16.1 Å². The molecule has 0 radical (unpaired) electrons. The Kier molecular flexibility index (Phi) is 6.72. The normalized spacial score (nSPS) is 17.6. The minimum atomic E-state index is 0.140. The van der Waals surface area contributed by atoms with E-state index in [1.54, 1.807) is 12.1 Å². The van der Waals surface area contributed by atoms with Crippen molar-refractivity contribution in [1.82, 2.24) is 4.90 Å². The fraction of sp³-hybridized carbons (Fsp3) is 0.611. The summed E-state index contributed by atoms with van der Waals surface area (Å²) in [4.78, 5) is 14.4. The first kappa shape index (κ1) is 16.8. The average Bonchev–Trinajstić information content (AvgIpc) is 3.02. The number of aromatic hydroxyl groups is 1. The zero-order valence-corrected chi connectivity index (χ0v) is 13.5. The van der Waals surface area contributed by atoms with Crippen LogP contribution in [0.4, 0.5) is 0 Å². The van der Waals surface area contributed by atoms with E-state index in [1.807, 2.05) is 17.0 Å². The zero-order chi connectivity index (χ0) is 15.8. The number of phenolic OH excluding ortho intramolecular Hbond substituents is 1. The maximum absolute atomic E-state index is 12.5. The molecule has 1 amide bonds. The fourth-order valence-electron chi connectivity index (χ4n) is 2.82. The van der Waals surface area contributed by atoms with E-state index >= 15 is 0 Å². The van der Waals surface area contributed by atoms with Crippen LogP contribution < -0.4 is 0 Å². The van der Waals surface area contributed by atoms with Gasteiger partial charge in [0.25, 0.3) is 0 Å². The van der Waals surface area contributed by atoms with Crippen molar-refractivity contribution in [2.45, 2.75) is 58.1 Å². The largest absolute Gasteiger partial charge is 0.508 e. The summed E-state index contributed by atoms with van der Waals surface area (Å²) in [6, 6.07) is 7.23. The van der Waals surface area contributed by atoms with Gasteiger partial charge in [-0.05, 0) is 25.3 Å². The Bertz CT molecular complexity index is 469. The number of amides is 1. The molecule has 1 saturated heterocycles. The van der Waals surface area contributed by atoms with Crippen LogP contribution in [0, 0.1) is 0 Å². The molecule has 1 fully saturated rings. The third kappa shape index (κ3) is 5.02. The highest BCUT2D eigenvalue weighted by Crippen LogP contribution is 2.21. The highest BCUT2D eigenvalue weighted by molar-refractivity contribution is 5.76. The lowest BCUT2D eigenvalue weighted by Crippen LogP contribution is -2.36. The van der Waals surface area contributed by atoms with Gasteiger partial charge in [-0.1, -0.05) is 38.0 Å². The van der Waals surface area contributed by atoms with Crippen LogP contribution in [-0.4, -0.2) is 35.2 Å². The Morgan fingerprint density at radius 2 is 2.18 bits per heavy atom. The lowest BCUT2D eigenvalue weighted by molar-refractivity contribution is -0.133. The van der Waals surface area contributed by atoms with Crippen LogP contribution in [0.5, 0.6) is 5.75 Å². The summed E-state index contributed by atoms with van der Waals surface area (Å²) in [7, 11) is 0. The fourth-order valence-corrected chi connectivity index (χ4v) is 2.82. The molecule has 0 aliphatic carbocycles. The Morgan fingerprint density at radius 3 is 2.86 bits per heavy atom. The first-order valence-electron chi connectivity index (χ1n) is 8.37. The molecule has 1 N–H and O–H groups in total. The third-order valence-electron chi connectivity index (χ3n) is 4.15. The van der Waals surface area contributed by atoms with E-state index < -0.39 is 0 Å². The number of carbonyl (C=O) groups is 1. The summed E-state index contributed by atoms with van der Waals surface area (Å²) >= 11 is 0. The van der Waals surface area contributed by atoms with Crippen molar-refractivity contribution in [3.8, 4) is 5.75 Å². The number of phenols is 1. The van der Waals surface area contributed by atoms with E-state index in [0.29, 0.717) is 19.5 Å². The monoisotopic (exact) mass is 305 g/mol. The molecule has 1 heterocycles. The number of hydrogen-bond donors (Lipinski definition) is 1. The summed E-state index contributed by atoms with van der Waals surface area (Å²) in [6.45, 7) is 4.01. The third-order valence-corrected chi connectivity index (χ3v) is 4.15. The maximum Gasteiger partial charge on any atom is 0.222 e. The lowest BCUT2D eigenvalue weighted by atomic mass is 10.1. The van der Waals surface area contributed by atoms with Crippen LogP contribution in [0.3, 0.4) is 0 Å². The van der Waals surface area contributed by atoms with Crippen molar-refractivity contribution >= 4 is 5.91 Å². The van der Waals surface area contributed by atoms with E-state index in [0.717, 1.165) is 44.3 Å². The molecule has 1 aliphatic rings. The molecule has 1 aliphatic heterocycles. The first-order valence-corrected chi connectivity index (χ1v) is 8.37. The quantitative estimate of drug-likeness (QED) is 0.748. The molecule has 1 unspecified atom stereocenters. The van der Waals surface area contributed by atoms with E-state index in [9.17, 15) is 9.90 Å². The molecule has 0 spiro atoms. The number of ether oxygens (including phenoxy) is 1. The second kappa shape index (κ2) is 8.79. The molecule has 4 heteroatoms. The summed E-state index contributed by atoms with van der Waals surface area (Å²) in [5.41, 5.74) is 0.796. The van der Waals surface area contributed by atoms with E-state index in [2.05, 4.69) is 6.92 Å². The van der Waals surface area contributed by atoms with Crippen molar-refractivity contribution in [2.75, 3.05) is 13.2 Å². The molecule has 1 atom stereocenters. The predicted octanol–water partition coefficient (Wildman–Crippen LogP) is 3.48. The molecule has 1 aromatic rings. The second-order valence-electron chi connectivity index (χ2n) is 6.00. The van der Waals surface area contributed by atoms with E-state index in [-0.39, 0.29) is 17.8 Å². The maximum atomic E-state index is 12.5. The van der Waals surface area contributed by atoms with Gasteiger partial charge in [-0.15, -0.1) is 0 Å². The average molecular weight is 305 g/mol. The Morgan fingerprint density at radius 1 is 1.36 bits per heavy atom. The topological polar surface area (TPSA) is 49.8 Å². The summed E-state index contributed by atoms with van der Waals surface area (Å²) in [5.74, 6) is 0.411. The van der Waals surface area contributed by atoms with Gasteiger partial charge in [0.1, 0.15) is 5.75 Å². The van der Waals surface area contributed by atoms with Gasteiger partial charge in [0, 0.05) is 31.7 Å². The summed E-state index contributed by atoms with van der Waals surface area (Å²) < 4.78 is 5.67. The van der Waals surface area contributed by atoms with Gasteiger partial charge in [0.15, 0.2) is 0 Å². The Hall–Kier alpha value is -1.55. The van der Waals surface area contributed by atoms with Crippen molar-refractivity contribution in [1.29, 1.82) is 0 Å². The molecular weight excluding hydrogens is 278 g/mol. The molecular formula is C18H27NO3. The number of benzene rings is 1. The standard InChI is InChI=1S/C18H27NO3/c1-2-3-4-11-18(21)19(14-16-9-7-12-22-16)13-15-8-5-6-10-17(15)20/h5-6,8,10,16,20H,2-4,7,9,11-14H2,1H3. The smallest absolute Gasteiger partial charge is 0.222 e. The Balaban J connectivity index is 1.99. The number of nitrogens with zero attached hydrogens (tertiary/aromatic N) is 1. The van der Waals surface area contributed by atoms with Crippen molar-refractivity contribution < 1.29 is 14.6 Å². The lowest BCUT2D eigenvalue weighted by Gasteiger charge is -2.26. The van der Waals surface area contributed by atoms with Gasteiger partial charge < -0.3 is 14.7 Å². The minimum Gasteiger partial charge on any atom is -0.508 e.